The van der Waals surface area contributed by atoms with Gasteiger partial charge in [0.2, 0.25) is 10.0 Å². The number of hydrogen-bond donors (Lipinski definition) is 1. The predicted molar refractivity (Wildman–Crippen MR) is 77.8 cm³/mol. The van der Waals surface area contributed by atoms with Crippen molar-refractivity contribution >= 4 is 10.0 Å². The van der Waals surface area contributed by atoms with E-state index in [1.807, 2.05) is 27.7 Å². The fraction of sp³-hybridized carbons (Fsp3) is 1.00. The van der Waals surface area contributed by atoms with E-state index < -0.39 is 15.6 Å². The molecule has 1 heterocycles. The van der Waals surface area contributed by atoms with Crippen LogP contribution in [0, 0.1) is 0 Å². The molecule has 0 spiro atoms. The van der Waals surface area contributed by atoms with Crippen LogP contribution in [0.3, 0.4) is 0 Å². The molecule has 1 aliphatic heterocycles. The first kappa shape index (κ1) is 16.9. The third-order valence-corrected chi connectivity index (χ3v) is 5.06. The van der Waals surface area contributed by atoms with Crippen molar-refractivity contribution in [2.45, 2.75) is 52.2 Å². The highest BCUT2D eigenvalue weighted by molar-refractivity contribution is 7.89. The van der Waals surface area contributed by atoms with Crippen molar-refractivity contribution in [1.29, 1.82) is 0 Å². The molecule has 0 aromatic heterocycles. The minimum atomic E-state index is -3.15. The number of morpholine rings is 1. The zero-order valence-corrected chi connectivity index (χ0v) is 13.4. The van der Waals surface area contributed by atoms with Gasteiger partial charge in [0.25, 0.3) is 0 Å². The van der Waals surface area contributed by atoms with Gasteiger partial charge in [0.1, 0.15) is 0 Å². The maximum atomic E-state index is 12.3. The summed E-state index contributed by atoms with van der Waals surface area (Å²) in [6, 6.07) is 0. The smallest absolute Gasteiger partial charge is 0.214 e. The van der Waals surface area contributed by atoms with Gasteiger partial charge >= 0.3 is 0 Å². The highest BCUT2D eigenvalue weighted by Crippen LogP contribution is 2.23. The van der Waals surface area contributed by atoms with Crippen LogP contribution < -0.4 is 5.32 Å². The molecule has 1 N–H and O–H groups in total. The molecule has 0 amide bonds. The zero-order valence-electron chi connectivity index (χ0n) is 12.6. The standard InChI is InChI=1S/C13H28N2O3S/c1-5-14-8-6-7-9-19(16,17)15-10-12(2)18-13(3,4)11-15/h12,14H,5-11H2,1-4H3. The summed E-state index contributed by atoms with van der Waals surface area (Å²) in [5.74, 6) is 0.237. The quantitative estimate of drug-likeness (QED) is 0.717. The van der Waals surface area contributed by atoms with E-state index in [1.165, 1.54) is 0 Å². The number of nitrogens with one attached hydrogen (secondary N) is 1. The Morgan fingerprint density at radius 2 is 2.05 bits per heavy atom. The summed E-state index contributed by atoms with van der Waals surface area (Å²) in [5, 5.41) is 3.21. The van der Waals surface area contributed by atoms with E-state index in [2.05, 4.69) is 5.32 Å². The lowest BCUT2D eigenvalue weighted by atomic mass is 10.1. The Morgan fingerprint density at radius 1 is 1.37 bits per heavy atom. The summed E-state index contributed by atoms with van der Waals surface area (Å²) in [7, 11) is -3.15. The SMILES string of the molecule is CCNCCCCS(=O)(=O)N1CC(C)OC(C)(C)C1. The van der Waals surface area contributed by atoms with Gasteiger partial charge in [-0.1, -0.05) is 6.92 Å². The molecule has 0 bridgehead atoms. The van der Waals surface area contributed by atoms with Crippen molar-refractivity contribution in [3.05, 3.63) is 0 Å². The third kappa shape index (κ3) is 5.77. The molecular formula is C13H28N2O3S. The van der Waals surface area contributed by atoms with Crippen LogP contribution in [0.1, 0.15) is 40.5 Å². The summed E-state index contributed by atoms with van der Waals surface area (Å²) in [6.07, 6.45) is 1.57. The number of ether oxygens (including phenoxy) is 1. The Labute approximate surface area is 117 Å². The largest absolute Gasteiger partial charge is 0.370 e. The topological polar surface area (TPSA) is 58.6 Å². The van der Waals surface area contributed by atoms with Crippen LogP contribution in [0.2, 0.25) is 0 Å². The fourth-order valence-corrected chi connectivity index (χ4v) is 4.22. The van der Waals surface area contributed by atoms with E-state index in [1.54, 1.807) is 4.31 Å². The average molecular weight is 292 g/mol. The van der Waals surface area contributed by atoms with Gasteiger partial charge in [-0.05, 0) is 46.7 Å². The van der Waals surface area contributed by atoms with Crippen LogP contribution in [0.25, 0.3) is 0 Å². The normalized spacial score (nSPS) is 24.5. The lowest BCUT2D eigenvalue weighted by molar-refractivity contribution is -0.109. The summed E-state index contributed by atoms with van der Waals surface area (Å²) in [4.78, 5) is 0. The molecule has 1 saturated heterocycles. The number of nitrogens with zero attached hydrogens (tertiary/aromatic N) is 1. The second-order valence-electron chi connectivity index (χ2n) is 5.86. The average Bonchev–Trinajstić information content (AvgIpc) is 2.26. The van der Waals surface area contributed by atoms with E-state index in [0.29, 0.717) is 19.5 Å². The van der Waals surface area contributed by atoms with Crippen molar-refractivity contribution < 1.29 is 13.2 Å². The van der Waals surface area contributed by atoms with Crippen LogP contribution in [-0.2, 0) is 14.8 Å². The summed E-state index contributed by atoms with van der Waals surface area (Å²) in [6.45, 7) is 10.6. The second kappa shape index (κ2) is 7.02. The van der Waals surface area contributed by atoms with Crippen molar-refractivity contribution in [1.82, 2.24) is 9.62 Å². The number of rotatable bonds is 7. The van der Waals surface area contributed by atoms with Gasteiger partial charge in [-0.3, -0.25) is 0 Å². The summed E-state index contributed by atoms with van der Waals surface area (Å²) < 4.78 is 31.9. The monoisotopic (exact) mass is 292 g/mol. The maximum Gasteiger partial charge on any atom is 0.214 e. The molecule has 1 rings (SSSR count). The molecule has 0 aromatic carbocycles. The van der Waals surface area contributed by atoms with E-state index in [4.69, 9.17) is 4.74 Å². The van der Waals surface area contributed by atoms with E-state index in [0.717, 1.165) is 19.5 Å². The van der Waals surface area contributed by atoms with E-state index in [9.17, 15) is 8.42 Å². The van der Waals surface area contributed by atoms with Crippen LogP contribution >= 0.6 is 0 Å². The van der Waals surface area contributed by atoms with Crippen LogP contribution in [0.5, 0.6) is 0 Å². The Hall–Kier alpha value is -0.170. The minimum Gasteiger partial charge on any atom is -0.370 e. The van der Waals surface area contributed by atoms with Crippen molar-refractivity contribution in [2.24, 2.45) is 0 Å². The minimum absolute atomic E-state index is 0.0414. The molecule has 114 valence electrons. The Kier molecular flexibility index (Phi) is 6.23. The molecule has 6 heteroatoms. The van der Waals surface area contributed by atoms with Gasteiger partial charge in [0.15, 0.2) is 0 Å². The number of hydrogen-bond acceptors (Lipinski definition) is 4. The highest BCUT2D eigenvalue weighted by Gasteiger charge is 2.36. The maximum absolute atomic E-state index is 12.3. The Morgan fingerprint density at radius 3 is 2.63 bits per heavy atom. The molecule has 1 aliphatic rings. The number of unbranched alkanes of at least 4 members (excludes halogenated alkanes) is 1. The molecule has 1 atom stereocenters. The molecule has 0 radical (unpaired) electrons. The van der Waals surface area contributed by atoms with Gasteiger partial charge in [0.05, 0.1) is 17.5 Å². The van der Waals surface area contributed by atoms with Crippen LogP contribution in [-0.4, -0.2) is 56.4 Å². The van der Waals surface area contributed by atoms with Gasteiger partial charge in [-0.25, -0.2) is 8.42 Å². The zero-order chi connectivity index (χ0) is 14.5. The molecular weight excluding hydrogens is 264 g/mol. The van der Waals surface area contributed by atoms with E-state index >= 15 is 0 Å². The van der Waals surface area contributed by atoms with Crippen LogP contribution in [0.15, 0.2) is 0 Å². The Balaban J connectivity index is 2.47. The summed E-state index contributed by atoms with van der Waals surface area (Å²) in [5.41, 5.74) is -0.394. The van der Waals surface area contributed by atoms with E-state index in [-0.39, 0.29) is 11.9 Å². The van der Waals surface area contributed by atoms with Crippen molar-refractivity contribution in [3.8, 4) is 0 Å². The first-order valence-electron chi connectivity index (χ1n) is 7.13. The van der Waals surface area contributed by atoms with Gasteiger partial charge in [-0.2, -0.15) is 4.31 Å². The lowest BCUT2D eigenvalue weighted by Crippen LogP contribution is -2.54. The molecule has 1 unspecified atom stereocenters. The first-order valence-corrected chi connectivity index (χ1v) is 8.74. The molecule has 1 fully saturated rings. The van der Waals surface area contributed by atoms with Crippen molar-refractivity contribution in [2.75, 3.05) is 31.9 Å². The van der Waals surface area contributed by atoms with Gasteiger partial charge < -0.3 is 10.1 Å². The van der Waals surface area contributed by atoms with Crippen molar-refractivity contribution in [3.63, 3.8) is 0 Å². The lowest BCUT2D eigenvalue weighted by Gasteiger charge is -2.40. The predicted octanol–water partition coefficient (Wildman–Crippen LogP) is 1.21. The molecule has 5 nitrogen and oxygen atoms in total. The van der Waals surface area contributed by atoms with Crippen LogP contribution in [0.4, 0.5) is 0 Å². The highest BCUT2D eigenvalue weighted by atomic mass is 32.2. The molecule has 0 aliphatic carbocycles. The summed E-state index contributed by atoms with van der Waals surface area (Å²) >= 11 is 0. The third-order valence-electron chi connectivity index (χ3n) is 3.19. The first-order chi connectivity index (χ1) is 8.77. The second-order valence-corrected chi connectivity index (χ2v) is 7.95. The van der Waals surface area contributed by atoms with Gasteiger partial charge in [0, 0.05) is 13.1 Å². The Bertz CT molecular complexity index is 368. The fourth-order valence-electron chi connectivity index (χ4n) is 2.45. The van der Waals surface area contributed by atoms with Gasteiger partial charge in [-0.15, -0.1) is 0 Å². The molecule has 0 aromatic rings. The molecule has 0 saturated carbocycles. The molecule has 19 heavy (non-hydrogen) atoms. The number of sulfonamides is 1.